The van der Waals surface area contributed by atoms with Crippen LogP contribution in [0.5, 0.6) is 0 Å². The molecule has 2 amide bonds. The number of nitrogens with one attached hydrogen (secondary N) is 1. The summed E-state index contributed by atoms with van der Waals surface area (Å²) in [6, 6.07) is 29.9. The highest BCUT2D eigenvalue weighted by Crippen LogP contribution is 2.33. The van der Waals surface area contributed by atoms with Gasteiger partial charge in [0.2, 0.25) is 11.8 Å². The van der Waals surface area contributed by atoms with Gasteiger partial charge in [0.15, 0.2) is 0 Å². The van der Waals surface area contributed by atoms with Crippen LogP contribution >= 0.6 is 23.2 Å². The van der Waals surface area contributed by atoms with E-state index in [1.54, 1.807) is 18.2 Å². The molecule has 0 unspecified atom stereocenters. The highest BCUT2D eigenvalue weighted by Gasteiger charge is 2.35. The minimum Gasteiger partial charge on any atom is -0.352 e. The Labute approximate surface area is 269 Å². The van der Waals surface area contributed by atoms with E-state index >= 15 is 0 Å². The highest BCUT2D eigenvalue weighted by atomic mass is 35.5. The van der Waals surface area contributed by atoms with Gasteiger partial charge in [-0.1, -0.05) is 109 Å². The van der Waals surface area contributed by atoms with Crippen LogP contribution in [-0.2, 0) is 32.6 Å². The second-order valence-corrected chi connectivity index (χ2v) is 13.2. The van der Waals surface area contributed by atoms with Crippen molar-refractivity contribution in [3.8, 4) is 0 Å². The molecule has 1 N–H and O–H groups in total. The Kier molecular flexibility index (Phi) is 11.4. The van der Waals surface area contributed by atoms with Crippen LogP contribution in [0.2, 0.25) is 10.0 Å². The lowest BCUT2D eigenvalue weighted by atomic mass is 10.0. The zero-order valence-electron chi connectivity index (χ0n) is 24.6. The van der Waals surface area contributed by atoms with Crippen LogP contribution in [0.4, 0.5) is 5.69 Å². The maximum absolute atomic E-state index is 14.4. The zero-order chi connectivity index (χ0) is 31.7. The lowest BCUT2D eigenvalue weighted by Gasteiger charge is -2.34. The van der Waals surface area contributed by atoms with E-state index in [1.165, 1.54) is 35.2 Å². The first kappa shape index (κ1) is 33.1. The zero-order valence-corrected chi connectivity index (χ0v) is 26.9. The Balaban J connectivity index is 1.81. The Morgan fingerprint density at radius 1 is 0.818 bits per heavy atom. The van der Waals surface area contributed by atoms with Gasteiger partial charge in [-0.05, 0) is 54.8 Å². The van der Waals surface area contributed by atoms with E-state index in [9.17, 15) is 18.0 Å². The quantitative estimate of drug-likeness (QED) is 0.173. The topological polar surface area (TPSA) is 86.8 Å². The maximum atomic E-state index is 14.4. The molecule has 44 heavy (non-hydrogen) atoms. The van der Waals surface area contributed by atoms with Gasteiger partial charge in [0.1, 0.15) is 12.6 Å². The van der Waals surface area contributed by atoms with Crippen LogP contribution in [0.1, 0.15) is 31.4 Å². The summed E-state index contributed by atoms with van der Waals surface area (Å²) >= 11 is 12.7. The number of sulfonamides is 1. The number of hydrogen-bond donors (Lipinski definition) is 1. The lowest BCUT2D eigenvalue weighted by molar-refractivity contribution is -0.140. The van der Waals surface area contributed by atoms with Gasteiger partial charge in [0, 0.05) is 24.0 Å². The van der Waals surface area contributed by atoms with Crippen molar-refractivity contribution >= 4 is 50.7 Å². The molecule has 4 aromatic rings. The molecule has 10 heteroatoms. The maximum Gasteiger partial charge on any atom is 0.264 e. The third-order valence-corrected chi connectivity index (χ3v) is 9.57. The van der Waals surface area contributed by atoms with Gasteiger partial charge in [0.05, 0.1) is 15.6 Å². The van der Waals surface area contributed by atoms with Gasteiger partial charge in [-0.15, -0.1) is 0 Å². The second-order valence-electron chi connectivity index (χ2n) is 10.5. The molecule has 0 radical (unpaired) electrons. The monoisotopic (exact) mass is 651 g/mol. The average molecular weight is 653 g/mol. The first-order chi connectivity index (χ1) is 21.1. The van der Waals surface area contributed by atoms with E-state index in [-0.39, 0.29) is 40.5 Å². The van der Waals surface area contributed by atoms with E-state index < -0.39 is 28.5 Å². The Morgan fingerprint density at radius 3 is 1.95 bits per heavy atom. The normalized spacial score (nSPS) is 12.6. The van der Waals surface area contributed by atoms with Crippen LogP contribution in [0, 0.1) is 0 Å². The fourth-order valence-electron chi connectivity index (χ4n) is 4.69. The molecule has 0 bridgehead atoms. The van der Waals surface area contributed by atoms with Gasteiger partial charge < -0.3 is 10.2 Å². The van der Waals surface area contributed by atoms with Crippen molar-refractivity contribution in [1.29, 1.82) is 0 Å². The average Bonchev–Trinajstić information content (AvgIpc) is 3.03. The molecule has 0 heterocycles. The standard InChI is InChI=1S/C34H35Cl2N3O4S/c1-3-25(2)37-34(41)32(21-26-13-7-4-8-14-26)38(23-27-15-9-5-10-16-27)33(40)24-39(31-20-19-28(35)22-30(31)36)44(42,43)29-17-11-6-12-18-29/h4-20,22,25,32H,3,21,23-24H2,1-2H3,(H,37,41)/t25-,32+/m0/s1. The predicted molar refractivity (Wildman–Crippen MR) is 176 cm³/mol. The minimum atomic E-state index is -4.26. The van der Waals surface area contributed by atoms with Crippen molar-refractivity contribution < 1.29 is 18.0 Å². The van der Waals surface area contributed by atoms with Gasteiger partial charge in [0.25, 0.3) is 10.0 Å². The number of carbonyl (C=O) groups is 2. The number of amides is 2. The molecule has 230 valence electrons. The summed E-state index contributed by atoms with van der Waals surface area (Å²) in [5.41, 5.74) is 1.74. The van der Waals surface area contributed by atoms with Crippen LogP contribution in [-0.4, -0.2) is 43.8 Å². The molecule has 7 nitrogen and oxygen atoms in total. The number of rotatable bonds is 13. The van der Waals surface area contributed by atoms with Crippen LogP contribution in [0.3, 0.4) is 0 Å². The summed E-state index contributed by atoms with van der Waals surface area (Å²) in [5, 5.41) is 3.41. The number of nitrogens with zero attached hydrogens (tertiary/aromatic N) is 2. The molecule has 0 aliphatic heterocycles. The first-order valence-electron chi connectivity index (χ1n) is 14.3. The summed E-state index contributed by atoms with van der Waals surface area (Å²) in [6.07, 6.45) is 0.934. The smallest absolute Gasteiger partial charge is 0.264 e. The molecule has 0 aliphatic rings. The van der Waals surface area contributed by atoms with E-state index in [4.69, 9.17) is 23.2 Å². The Morgan fingerprint density at radius 2 is 1.39 bits per heavy atom. The number of benzene rings is 4. The third kappa shape index (κ3) is 8.40. The van der Waals surface area contributed by atoms with Crippen molar-refractivity contribution in [1.82, 2.24) is 10.2 Å². The molecule has 0 saturated carbocycles. The summed E-state index contributed by atoms with van der Waals surface area (Å²) in [4.78, 5) is 29.7. The Hall–Kier alpha value is -3.85. The molecule has 0 saturated heterocycles. The van der Waals surface area contributed by atoms with Gasteiger partial charge in [-0.3, -0.25) is 13.9 Å². The molecule has 0 fully saturated rings. The van der Waals surface area contributed by atoms with Crippen molar-refractivity contribution in [3.63, 3.8) is 0 Å². The van der Waals surface area contributed by atoms with E-state index in [0.717, 1.165) is 15.4 Å². The predicted octanol–water partition coefficient (Wildman–Crippen LogP) is 6.74. The van der Waals surface area contributed by atoms with Crippen LogP contribution in [0.25, 0.3) is 0 Å². The highest BCUT2D eigenvalue weighted by molar-refractivity contribution is 7.92. The van der Waals surface area contributed by atoms with Gasteiger partial charge >= 0.3 is 0 Å². The number of halogens is 2. The SMILES string of the molecule is CC[C@H](C)NC(=O)[C@@H](Cc1ccccc1)N(Cc1ccccc1)C(=O)CN(c1ccc(Cl)cc1Cl)S(=O)(=O)c1ccccc1. The van der Waals surface area contributed by atoms with Crippen LogP contribution < -0.4 is 9.62 Å². The summed E-state index contributed by atoms with van der Waals surface area (Å²) < 4.78 is 29.1. The molecule has 4 aromatic carbocycles. The van der Waals surface area contributed by atoms with Crippen LogP contribution in [0.15, 0.2) is 114 Å². The number of carbonyl (C=O) groups excluding carboxylic acids is 2. The van der Waals surface area contributed by atoms with Gasteiger partial charge in [-0.25, -0.2) is 8.42 Å². The lowest BCUT2D eigenvalue weighted by Crippen LogP contribution is -2.54. The summed E-state index contributed by atoms with van der Waals surface area (Å²) in [7, 11) is -4.26. The molecular weight excluding hydrogens is 617 g/mol. The molecular formula is C34H35Cl2N3O4S. The number of anilines is 1. The number of hydrogen-bond acceptors (Lipinski definition) is 4. The minimum absolute atomic E-state index is 0.0104. The Bertz CT molecular complexity index is 1660. The summed E-state index contributed by atoms with van der Waals surface area (Å²) in [6.45, 7) is 3.34. The largest absolute Gasteiger partial charge is 0.352 e. The molecule has 4 rings (SSSR count). The van der Waals surface area contributed by atoms with E-state index in [2.05, 4.69) is 5.32 Å². The fraction of sp³-hybridized carbons (Fsp3) is 0.235. The summed E-state index contributed by atoms with van der Waals surface area (Å²) in [5.74, 6) is -0.894. The first-order valence-corrected chi connectivity index (χ1v) is 16.5. The van der Waals surface area contributed by atoms with Crippen molar-refractivity contribution in [2.45, 2.75) is 50.2 Å². The van der Waals surface area contributed by atoms with Crippen molar-refractivity contribution in [2.24, 2.45) is 0 Å². The van der Waals surface area contributed by atoms with E-state index in [0.29, 0.717) is 11.4 Å². The fourth-order valence-corrected chi connectivity index (χ4v) is 6.71. The van der Waals surface area contributed by atoms with E-state index in [1.807, 2.05) is 74.5 Å². The molecule has 2 atom stereocenters. The molecule has 0 aromatic heterocycles. The van der Waals surface area contributed by atoms with Crippen molar-refractivity contribution in [2.75, 3.05) is 10.8 Å². The second kappa shape index (κ2) is 15.2. The van der Waals surface area contributed by atoms with Crippen molar-refractivity contribution in [3.05, 3.63) is 130 Å². The van der Waals surface area contributed by atoms with Gasteiger partial charge in [-0.2, -0.15) is 0 Å². The molecule has 0 aliphatic carbocycles. The third-order valence-electron chi connectivity index (χ3n) is 7.26. The molecule has 0 spiro atoms.